The van der Waals surface area contributed by atoms with Crippen LogP contribution in [0, 0.1) is 0 Å². The van der Waals surface area contributed by atoms with Crippen molar-refractivity contribution < 1.29 is 0 Å². The Morgan fingerprint density at radius 2 is 2.14 bits per heavy atom. The first-order valence-corrected chi connectivity index (χ1v) is 5.40. The van der Waals surface area contributed by atoms with Crippen LogP contribution in [0.15, 0.2) is 6.33 Å². The summed E-state index contributed by atoms with van der Waals surface area (Å²) in [5, 5.41) is 3.83. The average molecular weight is 214 g/mol. The molecule has 1 aromatic rings. The van der Waals surface area contributed by atoms with Crippen LogP contribution < -0.4 is 5.32 Å². The lowest BCUT2D eigenvalue weighted by Gasteiger charge is -2.09. The molecule has 0 aliphatic rings. The number of nitrogens with one attached hydrogen (secondary N) is 1. The summed E-state index contributed by atoms with van der Waals surface area (Å²) < 4.78 is 0. The van der Waals surface area contributed by atoms with Crippen LogP contribution in [0.4, 0.5) is 5.82 Å². The van der Waals surface area contributed by atoms with Crippen LogP contribution in [0.25, 0.3) is 0 Å². The SMILES string of the molecule is CCCCNc1ncnc(Cl)c1CC. The van der Waals surface area contributed by atoms with Gasteiger partial charge in [-0.05, 0) is 12.8 Å². The molecule has 0 fully saturated rings. The Bertz CT molecular complexity index is 289. The van der Waals surface area contributed by atoms with Crippen molar-refractivity contribution in [3.8, 4) is 0 Å². The molecule has 0 aromatic carbocycles. The van der Waals surface area contributed by atoms with Crippen LogP contribution in [0.2, 0.25) is 5.15 Å². The smallest absolute Gasteiger partial charge is 0.137 e. The fourth-order valence-electron chi connectivity index (χ4n) is 1.24. The van der Waals surface area contributed by atoms with Gasteiger partial charge in [0.25, 0.3) is 0 Å². The zero-order valence-corrected chi connectivity index (χ0v) is 9.43. The number of aromatic nitrogens is 2. The number of unbranched alkanes of at least 4 members (excludes halogenated alkanes) is 1. The molecular formula is C10H16ClN3. The lowest BCUT2D eigenvalue weighted by atomic mass is 10.2. The van der Waals surface area contributed by atoms with Gasteiger partial charge >= 0.3 is 0 Å². The highest BCUT2D eigenvalue weighted by atomic mass is 35.5. The van der Waals surface area contributed by atoms with E-state index in [2.05, 4.69) is 29.1 Å². The van der Waals surface area contributed by atoms with Crippen LogP contribution >= 0.6 is 11.6 Å². The van der Waals surface area contributed by atoms with Crippen molar-refractivity contribution in [3.05, 3.63) is 17.0 Å². The van der Waals surface area contributed by atoms with E-state index < -0.39 is 0 Å². The highest BCUT2D eigenvalue weighted by molar-refractivity contribution is 6.30. The van der Waals surface area contributed by atoms with Gasteiger partial charge in [-0.15, -0.1) is 0 Å². The molecule has 0 amide bonds. The predicted octanol–water partition coefficient (Wildman–Crippen LogP) is 2.90. The maximum absolute atomic E-state index is 5.95. The minimum absolute atomic E-state index is 0.557. The number of hydrogen-bond donors (Lipinski definition) is 1. The Labute approximate surface area is 89.9 Å². The molecule has 0 spiro atoms. The molecule has 14 heavy (non-hydrogen) atoms. The lowest BCUT2D eigenvalue weighted by Crippen LogP contribution is -2.06. The number of nitrogens with zero attached hydrogens (tertiary/aromatic N) is 2. The molecule has 0 bridgehead atoms. The normalized spacial score (nSPS) is 10.2. The Balaban J connectivity index is 2.70. The molecule has 1 aromatic heterocycles. The van der Waals surface area contributed by atoms with Crippen molar-refractivity contribution in [3.63, 3.8) is 0 Å². The molecule has 3 nitrogen and oxygen atoms in total. The number of anilines is 1. The molecule has 1 heterocycles. The van der Waals surface area contributed by atoms with Crippen LogP contribution in [-0.4, -0.2) is 16.5 Å². The largest absolute Gasteiger partial charge is 0.370 e. The van der Waals surface area contributed by atoms with Crippen LogP contribution in [-0.2, 0) is 6.42 Å². The third-order valence-electron chi connectivity index (χ3n) is 2.07. The summed E-state index contributed by atoms with van der Waals surface area (Å²) in [6.07, 6.45) is 4.67. The van der Waals surface area contributed by atoms with Gasteiger partial charge in [0.1, 0.15) is 17.3 Å². The van der Waals surface area contributed by atoms with Gasteiger partial charge < -0.3 is 5.32 Å². The second-order valence-corrected chi connectivity index (χ2v) is 3.48. The maximum atomic E-state index is 5.95. The minimum atomic E-state index is 0.557. The average Bonchev–Trinajstić information content (AvgIpc) is 2.18. The highest BCUT2D eigenvalue weighted by Gasteiger charge is 2.06. The van der Waals surface area contributed by atoms with Crippen LogP contribution in [0.5, 0.6) is 0 Å². The maximum Gasteiger partial charge on any atom is 0.137 e. The predicted molar refractivity (Wildman–Crippen MR) is 59.8 cm³/mol. The molecule has 0 saturated carbocycles. The highest BCUT2D eigenvalue weighted by Crippen LogP contribution is 2.19. The van der Waals surface area contributed by atoms with Crippen molar-refractivity contribution in [2.24, 2.45) is 0 Å². The zero-order chi connectivity index (χ0) is 10.4. The van der Waals surface area contributed by atoms with Crippen molar-refractivity contribution in [1.29, 1.82) is 0 Å². The molecule has 0 aliphatic heterocycles. The third kappa shape index (κ3) is 2.84. The molecule has 0 unspecified atom stereocenters. The van der Waals surface area contributed by atoms with Gasteiger partial charge in [-0.3, -0.25) is 0 Å². The summed E-state index contributed by atoms with van der Waals surface area (Å²) >= 11 is 5.95. The summed E-state index contributed by atoms with van der Waals surface area (Å²) in [6.45, 7) is 5.15. The first kappa shape index (κ1) is 11.2. The van der Waals surface area contributed by atoms with E-state index in [0.717, 1.165) is 30.8 Å². The molecule has 78 valence electrons. The molecule has 0 atom stereocenters. The lowest BCUT2D eigenvalue weighted by molar-refractivity contribution is 0.827. The fraction of sp³-hybridized carbons (Fsp3) is 0.600. The molecule has 0 aliphatic carbocycles. The Morgan fingerprint density at radius 3 is 2.79 bits per heavy atom. The van der Waals surface area contributed by atoms with Crippen LogP contribution in [0.3, 0.4) is 0 Å². The van der Waals surface area contributed by atoms with Gasteiger partial charge in [-0.1, -0.05) is 31.9 Å². The summed E-state index contributed by atoms with van der Waals surface area (Å²) in [5.41, 5.74) is 1.00. The first-order chi connectivity index (χ1) is 6.79. The van der Waals surface area contributed by atoms with E-state index in [1.165, 1.54) is 12.7 Å². The zero-order valence-electron chi connectivity index (χ0n) is 8.68. The van der Waals surface area contributed by atoms with Gasteiger partial charge in [0.2, 0.25) is 0 Å². The fourth-order valence-corrected chi connectivity index (χ4v) is 1.51. The van der Waals surface area contributed by atoms with E-state index in [0.29, 0.717) is 5.15 Å². The standard InChI is InChI=1S/C10H16ClN3/c1-3-5-6-12-10-8(4-2)9(11)13-7-14-10/h7H,3-6H2,1-2H3,(H,12,13,14). The summed E-state index contributed by atoms with van der Waals surface area (Å²) in [5.74, 6) is 0.876. The molecule has 0 radical (unpaired) electrons. The Kier molecular flexibility index (Phi) is 4.66. The molecular weight excluding hydrogens is 198 g/mol. The van der Waals surface area contributed by atoms with E-state index in [-0.39, 0.29) is 0 Å². The van der Waals surface area contributed by atoms with Gasteiger partial charge in [-0.25, -0.2) is 9.97 Å². The molecule has 0 saturated heterocycles. The van der Waals surface area contributed by atoms with Gasteiger partial charge in [0, 0.05) is 12.1 Å². The second-order valence-electron chi connectivity index (χ2n) is 3.13. The van der Waals surface area contributed by atoms with Crippen molar-refractivity contribution in [2.75, 3.05) is 11.9 Å². The number of rotatable bonds is 5. The van der Waals surface area contributed by atoms with E-state index >= 15 is 0 Å². The quantitative estimate of drug-likeness (QED) is 0.604. The summed E-state index contributed by atoms with van der Waals surface area (Å²) in [6, 6.07) is 0. The van der Waals surface area contributed by atoms with Crippen molar-refractivity contribution in [2.45, 2.75) is 33.1 Å². The minimum Gasteiger partial charge on any atom is -0.370 e. The first-order valence-electron chi connectivity index (χ1n) is 5.02. The van der Waals surface area contributed by atoms with Crippen molar-refractivity contribution in [1.82, 2.24) is 9.97 Å². The monoisotopic (exact) mass is 213 g/mol. The van der Waals surface area contributed by atoms with E-state index in [1.54, 1.807) is 0 Å². The van der Waals surface area contributed by atoms with E-state index in [4.69, 9.17) is 11.6 Å². The molecule has 4 heteroatoms. The number of hydrogen-bond acceptors (Lipinski definition) is 3. The topological polar surface area (TPSA) is 37.8 Å². The van der Waals surface area contributed by atoms with Gasteiger partial charge in [-0.2, -0.15) is 0 Å². The molecule has 1 rings (SSSR count). The Hall–Kier alpha value is -0.830. The third-order valence-corrected chi connectivity index (χ3v) is 2.39. The van der Waals surface area contributed by atoms with Crippen molar-refractivity contribution >= 4 is 17.4 Å². The van der Waals surface area contributed by atoms with Gasteiger partial charge in [0.05, 0.1) is 0 Å². The van der Waals surface area contributed by atoms with Crippen LogP contribution in [0.1, 0.15) is 32.3 Å². The summed E-state index contributed by atoms with van der Waals surface area (Å²) in [7, 11) is 0. The van der Waals surface area contributed by atoms with Gasteiger partial charge in [0.15, 0.2) is 0 Å². The van der Waals surface area contributed by atoms with E-state index in [1.807, 2.05) is 0 Å². The van der Waals surface area contributed by atoms with E-state index in [9.17, 15) is 0 Å². The summed E-state index contributed by atoms with van der Waals surface area (Å²) in [4.78, 5) is 8.13. The molecule has 1 N–H and O–H groups in total. The second kappa shape index (κ2) is 5.81. The Morgan fingerprint density at radius 1 is 1.36 bits per heavy atom. The number of halogens is 1.